The molecule has 2 aromatic carbocycles. The predicted octanol–water partition coefficient (Wildman–Crippen LogP) is 3.68. The van der Waals surface area contributed by atoms with Crippen LogP contribution >= 0.6 is 11.6 Å². The minimum Gasteiger partial charge on any atom is -0.462 e. The molecule has 0 aliphatic heterocycles. The first-order valence-corrected chi connectivity index (χ1v) is 7.32. The number of carbonyl (C=O) groups excluding carboxylic acids is 2. The van der Waals surface area contributed by atoms with E-state index in [-0.39, 0.29) is 22.9 Å². The molecule has 0 saturated carbocycles. The molecule has 0 radical (unpaired) electrons. The van der Waals surface area contributed by atoms with Crippen molar-refractivity contribution in [2.24, 2.45) is 0 Å². The van der Waals surface area contributed by atoms with Crippen LogP contribution in [0, 0.1) is 10.1 Å². The van der Waals surface area contributed by atoms with E-state index in [1.165, 1.54) is 36.4 Å². The van der Waals surface area contributed by atoms with Crippen molar-refractivity contribution in [3.63, 3.8) is 0 Å². The SMILES string of the molecule is CCOC(=O)c1ccc(NC(=O)c2ccc(Cl)c([N+](=O)[O-])c2)cc1. The average Bonchev–Trinajstić information content (AvgIpc) is 2.55. The lowest BCUT2D eigenvalue weighted by molar-refractivity contribution is -0.384. The van der Waals surface area contributed by atoms with Gasteiger partial charge in [0.05, 0.1) is 17.1 Å². The number of anilines is 1. The van der Waals surface area contributed by atoms with Crippen LogP contribution in [0.15, 0.2) is 42.5 Å². The lowest BCUT2D eigenvalue weighted by atomic mass is 10.1. The van der Waals surface area contributed by atoms with Gasteiger partial charge in [-0.2, -0.15) is 0 Å². The Morgan fingerprint density at radius 3 is 2.38 bits per heavy atom. The quantitative estimate of drug-likeness (QED) is 0.505. The van der Waals surface area contributed by atoms with Crippen molar-refractivity contribution in [3.05, 3.63) is 68.7 Å². The highest BCUT2D eigenvalue weighted by atomic mass is 35.5. The minimum atomic E-state index is -0.659. The van der Waals surface area contributed by atoms with Crippen molar-refractivity contribution in [2.45, 2.75) is 6.92 Å². The number of nitro benzene ring substituents is 1. The van der Waals surface area contributed by atoms with E-state index >= 15 is 0 Å². The number of hydrogen-bond acceptors (Lipinski definition) is 5. The fourth-order valence-corrected chi connectivity index (χ4v) is 2.09. The summed E-state index contributed by atoms with van der Waals surface area (Å²) in [6.07, 6.45) is 0. The van der Waals surface area contributed by atoms with E-state index in [2.05, 4.69) is 5.32 Å². The number of carbonyl (C=O) groups is 2. The fraction of sp³-hybridized carbons (Fsp3) is 0.125. The van der Waals surface area contributed by atoms with Crippen LogP contribution in [0.3, 0.4) is 0 Å². The zero-order valence-electron chi connectivity index (χ0n) is 12.6. The summed E-state index contributed by atoms with van der Waals surface area (Å²) in [5.41, 5.74) is 0.546. The number of rotatable bonds is 5. The maximum atomic E-state index is 12.2. The van der Waals surface area contributed by atoms with Gasteiger partial charge in [0.1, 0.15) is 5.02 Å². The molecule has 0 fully saturated rings. The number of benzene rings is 2. The smallest absolute Gasteiger partial charge is 0.338 e. The third-order valence-corrected chi connectivity index (χ3v) is 3.38. The second-order valence-electron chi connectivity index (χ2n) is 4.68. The van der Waals surface area contributed by atoms with Gasteiger partial charge in [0.2, 0.25) is 0 Å². The standard InChI is InChI=1S/C16H13ClN2O5/c1-2-24-16(21)10-3-6-12(7-4-10)18-15(20)11-5-8-13(17)14(9-11)19(22)23/h3-9H,2H2,1H3,(H,18,20). The molecule has 0 atom stereocenters. The highest BCUT2D eigenvalue weighted by Gasteiger charge is 2.16. The first kappa shape index (κ1) is 17.4. The predicted molar refractivity (Wildman–Crippen MR) is 88.5 cm³/mol. The summed E-state index contributed by atoms with van der Waals surface area (Å²) in [5.74, 6) is -0.984. The van der Waals surface area contributed by atoms with E-state index in [1.807, 2.05) is 0 Å². The van der Waals surface area contributed by atoms with Crippen LogP contribution < -0.4 is 5.32 Å². The molecule has 1 amide bonds. The molecule has 0 aromatic heterocycles. The topological polar surface area (TPSA) is 98.5 Å². The third kappa shape index (κ3) is 4.08. The van der Waals surface area contributed by atoms with Crippen molar-refractivity contribution < 1.29 is 19.2 Å². The second kappa shape index (κ2) is 7.56. The summed E-state index contributed by atoms with van der Waals surface area (Å²) < 4.78 is 4.86. The zero-order valence-corrected chi connectivity index (χ0v) is 13.4. The molecule has 0 heterocycles. The molecule has 0 spiro atoms. The number of nitrogens with one attached hydrogen (secondary N) is 1. The van der Waals surface area contributed by atoms with E-state index in [4.69, 9.17) is 16.3 Å². The van der Waals surface area contributed by atoms with Gasteiger partial charge in [0.15, 0.2) is 0 Å². The summed E-state index contributed by atoms with van der Waals surface area (Å²) in [7, 11) is 0. The van der Waals surface area contributed by atoms with Crippen molar-refractivity contribution in [1.82, 2.24) is 0 Å². The van der Waals surface area contributed by atoms with Crippen LogP contribution in [0.1, 0.15) is 27.6 Å². The summed E-state index contributed by atoms with van der Waals surface area (Å²) in [4.78, 5) is 33.9. The van der Waals surface area contributed by atoms with Crippen molar-refractivity contribution in [1.29, 1.82) is 0 Å². The first-order valence-electron chi connectivity index (χ1n) is 6.95. The Balaban J connectivity index is 2.14. The molecular formula is C16H13ClN2O5. The largest absolute Gasteiger partial charge is 0.462 e. The van der Waals surface area contributed by atoms with Gasteiger partial charge in [-0.25, -0.2) is 4.79 Å². The molecule has 7 nitrogen and oxygen atoms in total. The Morgan fingerprint density at radius 2 is 1.79 bits per heavy atom. The molecule has 0 bridgehead atoms. The summed E-state index contributed by atoms with van der Waals surface area (Å²) >= 11 is 5.71. The Labute approximate surface area is 142 Å². The number of ether oxygens (including phenoxy) is 1. The van der Waals surface area contributed by atoms with E-state index in [1.54, 1.807) is 6.92 Å². The van der Waals surface area contributed by atoms with Gasteiger partial charge in [-0.05, 0) is 43.3 Å². The lowest BCUT2D eigenvalue weighted by Crippen LogP contribution is -2.12. The number of esters is 1. The van der Waals surface area contributed by atoms with Crippen LogP contribution in [0.5, 0.6) is 0 Å². The summed E-state index contributed by atoms with van der Waals surface area (Å²) in [5, 5.41) is 13.4. The number of halogens is 1. The Morgan fingerprint density at radius 1 is 1.17 bits per heavy atom. The van der Waals surface area contributed by atoms with Gasteiger partial charge in [-0.3, -0.25) is 14.9 Å². The third-order valence-electron chi connectivity index (χ3n) is 3.06. The average molecular weight is 349 g/mol. The molecular weight excluding hydrogens is 336 g/mol. The van der Waals surface area contributed by atoms with Gasteiger partial charge < -0.3 is 10.1 Å². The highest BCUT2D eigenvalue weighted by Crippen LogP contribution is 2.25. The van der Waals surface area contributed by atoms with E-state index < -0.39 is 16.8 Å². The highest BCUT2D eigenvalue weighted by molar-refractivity contribution is 6.32. The lowest BCUT2D eigenvalue weighted by Gasteiger charge is -2.07. The summed E-state index contributed by atoms with van der Waals surface area (Å²) in [6, 6.07) is 9.87. The number of nitro groups is 1. The molecule has 0 aliphatic carbocycles. The second-order valence-corrected chi connectivity index (χ2v) is 5.08. The van der Waals surface area contributed by atoms with E-state index in [9.17, 15) is 19.7 Å². The zero-order chi connectivity index (χ0) is 17.7. The molecule has 0 saturated heterocycles. The van der Waals surface area contributed by atoms with E-state index in [0.29, 0.717) is 11.3 Å². The Kier molecular flexibility index (Phi) is 5.49. The van der Waals surface area contributed by atoms with Crippen molar-refractivity contribution in [2.75, 3.05) is 11.9 Å². The Bertz CT molecular complexity index is 790. The fourth-order valence-electron chi connectivity index (χ4n) is 1.90. The number of hydrogen-bond donors (Lipinski definition) is 1. The minimum absolute atomic E-state index is 0.0460. The van der Waals surface area contributed by atoms with Crippen molar-refractivity contribution >= 4 is 34.9 Å². The number of nitrogens with zero attached hydrogens (tertiary/aromatic N) is 1. The normalized spacial score (nSPS) is 10.1. The van der Waals surface area contributed by atoms with Crippen LogP contribution in [-0.2, 0) is 4.74 Å². The molecule has 124 valence electrons. The maximum absolute atomic E-state index is 12.2. The molecule has 0 aliphatic rings. The monoisotopic (exact) mass is 348 g/mol. The van der Waals surface area contributed by atoms with Gasteiger partial charge >= 0.3 is 5.97 Å². The van der Waals surface area contributed by atoms with Crippen LogP contribution in [0.2, 0.25) is 5.02 Å². The van der Waals surface area contributed by atoms with Gasteiger partial charge in [0, 0.05) is 17.3 Å². The molecule has 0 unspecified atom stereocenters. The van der Waals surface area contributed by atoms with Crippen LogP contribution in [-0.4, -0.2) is 23.4 Å². The first-order chi connectivity index (χ1) is 11.4. The van der Waals surface area contributed by atoms with Crippen molar-refractivity contribution in [3.8, 4) is 0 Å². The molecule has 2 aromatic rings. The molecule has 8 heteroatoms. The van der Waals surface area contributed by atoms with Crippen LogP contribution in [0.25, 0.3) is 0 Å². The van der Waals surface area contributed by atoms with E-state index in [0.717, 1.165) is 6.07 Å². The van der Waals surface area contributed by atoms with Gasteiger partial charge in [0.25, 0.3) is 11.6 Å². The maximum Gasteiger partial charge on any atom is 0.338 e. The van der Waals surface area contributed by atoms with Gasteiger partial charge in [-0.15, -0.1) is 0 Å². The molecule has 2 rings (SSSR count). The van der Waals surface area contributed by atoms with Crippen LogP contribution in [0.4, 0.5) is 11.4 Å². The van der Waals surface area contributed by atoms with Gasteiger partial charge in [-0.1, -0.05) is 11.6 Å². The molecule has 1 N–H and O–H groups in total. The molecule has 24 heavy (non-hydrogen) atoms. The summed E-state index contributed by atoms with van der Waals surface area (Å²) in [6.45, 7) is 1.98. The number of amides is 1. The Hall–Kier alpha value is -2.93.